The summed E-state index contributed by atoms with van der Waals surface area (Å²) in [4.78, 5) is 2.39. The second kappa shape index (κ2) is 9.72. The maximum absolute atomic E-state index is 12.9. The number of ether oxygens (including phenoxy) is 1. The molecule has 0 fully saturated rings. The summed E-state index contributed by atoms with van der Waals surface area (Å²) in [6, 6.07) is 7.96. The third-order valence-corrected chi connectivity index (χ3v) is 6.79. The van der Waals surface area contributed by atoms with E-state index in [0.29, 0.717) is 17.7 Å². The number of likely N-dealkylation sites (N-methyl/N-ethyl adjacent to an activating group) is 1. The molecule has 0 bridgehead atoms. The molecule has 1 unspecified atom stereocenters. The van der Waals surface area contributed by atoms with Gasteiger partial charge in [-0.1, -0.05) is 19.9 Å². The summed E-state index contributed by atoms with van der Waals surface area (Å²) in [6.07, 6.45) is 3.89. The zero-order valence-electron chi connectivity index (χ0n) is 17.0. The molecule has 1 atom stereocenters. The minimum absolute atomic E-state index is 0.0714. The summed E-state index contributed by atoms with van der Waals surface area (Å²) in [7, 11) is -3.70. The fourth-order valence-electron chi connectivity index (χ4n) is 3.67. The molecule has 0 amide bonds. The SMILES string of the molecule is CCN(CC)C(CNS(=O)(=O)C1=Cc2ccc(OC(F)F)cc2CC1)c1ccco1. The largest absolute Gasteiger partial charge is 0.468 e. The van der Waals surface area contributed by atoms with Gasteiger partial charge >= 0.3 is 6.61 Å². The fraction of sp³-hybridized carbons (Fsp3) is 0.429. The molecule has 1 N–H and O–H groups in total. The van der Waals surface area contributed by atoms with Crippen molar-refractivity contribution in [2.75, 3.05) is 19.6 Å². The Morgan fingerprint density at radius 1 is 1.20 bits per heavy atom. The molecule has 1 aromatic carbocycles. The molecule has 9 heteroatoms. The van der Waals surface area contributed by atoms with E-state index in [2.05, 4.69) is 14.4 Å². The van der Waals surface area contributed by atoms with Crippen molar-refractivity contribution < 1.29 is 26.4 Å². The normalized spacial score (nSPS) is 15.2. The number of benzene rings is 1. The minimum atomic E-state index is -3.70. The molecule has 164 valence electrons. The molecule has 0 spiro atoms. The van der Waals surface area contributed by atoms with Gasteiger partial charge in [-0.3, -0.25) is 4.90 Å². The molecule has 0 saturated heterocycles. The number of furan rings is 1. The lowest BCUT2D eigenvalue weighted by molar-refractivity contribution is -0.0498. The van der Waals surface area contributed by atoms with Gasteiger partial charge in [0.05, 0.1) is 17.2 Å². The van der Waals surface area contributed by atoms with Gasteiger partial charge in [-0.25, -0.2) is 13.1 Å². The number of hydrogen-bond donors (Lipinski definition) is 1. The molecule has 1 aromatic heterocycles. The number of rotatable bonds is 10. The van der Waals surface area contributed by atoms with Crippen LogP contribution in [-0.4, -0.2) is 39.6 Å². The standard InChI is InChI=1S/C21H26F2N2O4S/c1-3-25(4-2)19(20-6-5-11-28-20)14-24-30(26,27)18-10-8-15-12-17(29-21(22)23)9-7-16(15)13-18/h5-7,9,11-13,19,21,24H,3-4,8,10,14H2,1-2H3. The van der Waals surface area contributed by atoms with E-state index < -0.39 is 16.6 Å². The van der Waals surface area contributed by atoms with E-state index >= 15 is 0 Å². The van der Waals surface area contributed by atoms with Crippen LogP contribution in [0.5, 0.6) is 5.75 Å². The predicted octanol–water partition coefficient (Wildman–Crippen LogP) is 4.17. The second-order valence-electron chi connectivity index (χ2n) is 6.95. The highest BCUT2D eigenvalue weighted by atomic mass is 32.2. The Balaban J connectivity index is 1.76. The van der Waals surface area contributed by atoms with Crippen molar-refractivity contribution in [3.63, 3.8) is 0 Å². The lowest BCUT2D eigenvalue weighted by Gasteiger charge is -2.28. The molecular formula is C21H26F2N2O4S. The van der Waals surface area contributed by atoms with Crippen LogP contribution >= 0.6 is 0 Å². The van der Waals surface area contributed by atoms with Crippen LogP contribution in [0.2, 0.25) is 0 Å². The maximum atomic E-state index is 12.9. The Kier molecular flexibility index (Phi) is 7.27. The van der Waals surface area contributed by atoms with Gasteiger partial charge in [0.2, 0.25) is 10.0 Å². The molecule has 0 radical (unpaired) electrons. The molecule has 6 nitrogen and oxygen atoms in total. The van der Waals surface area contributed by atoms with Gasteiger partial charge in [0.15, 0.2) is 0 Å². The van der Waals surface area contributed by atoms with E-state index in [1.807, 2.05) is 19.9 Å². The first-order valence-corrected chi connectivity index (χ1v) is 11.4. The Bertz CT molecular complexity index is 971. The monoisotopic (exact) mass is 440 g/mol. The highest BCUT2D eigenvalue weighted by molar-refractivity contribution is 7.93. The van der Waals surface area contributed by atoms with Gasteiger partial charge in [0.25, 0.3) is 0 Å². The van der Waals surface area contributed by atoms with E-state index in [1.165, 1.54) is 12.1 Å². The number of nitrogens with zero attached hydrogens (tertiary/aromatic N) is 1. The van der Waals surface area contributed by atoms with E-state index in [-0.39, 0.29) is 29.7 Å². The van der Waals surface area contributed by atoms with Crippen LogP contribution in [0.1, 0.15) is 43.2 Å². The summed E-state index contributed by atoms with van der Waals surface area (Å²) in [5.41, 5.74) is 1.47. The Hall–Kier alpha value is -2.23. The third kappa shape index (κ3) is 5.27. The van der Waals surface area contributed by atoms with E-state index in [9.17, 15) is 17.2 Å². The predicted molar refractivity (Wildman–Crippen MR) is 111 cm³/mol. The first-order chi connectivity index (χ1) is 14.3. The van der Waals surface area contributed by atoms with Crippen LogP contribution in [-0.2, 0) is 16.4 Å². The molecule has 1 aliphatic carbocycles. The van der Waals surface area contributed by atoms with Gasteiger partial charge in [0.1, 0.15) is 11.5 Å². The lowest BCUT2D eigenvalue weighted by atomic mass is 9.97. The van der Waals surface area contributed by atoms with Crippen molar-refractivity contribution in [2.45, 2.75) is 39.3 Å². The Morgan fingerprint density at radius 2 is 1.97 bits per heavy atom. The summed E-state index contributed by atoms with van der Waals surface area (Å²) >= 11 is 0. The zero-order valence-corrected chi connectivity index (χ0v) is 17.8. The number of fused-ring (bicyclic) bond motifs is 1. The molecule has 30 heavy (non-hydrogen) atoms. The number of halogens is 2. The molecule has 0 saturated carbocycles. The Morgan fingerprint density at radius 3 is 2.60 bits per heavy atom. The van der Waals surface area contributed by atoms with Crippen molar-refractivity contribution in [2.24, 2.45) is 0 Å². The summed E-state index contributed by atoms with van der Waals surface area (Å²) in [5, 5.41) is 0. The number of aryl methyl sites for hydroxylation is 1. The zero-order chi connectivity index (χ0) is 21.7. The smallest absolute Gasteiger partial charge is 0.387 e. The van der Waals surface area contributed by atoms with Crippen LogP contribution < -0.4 is 9.46 Å². The highest BCUT2D eigenvalue weighted by Crippen LogP contribution is 2.30. The summed E-state index contributed by atoms with van der Waals surface area (Å²) in [6.45, 7) is 2.82. The number of allylic oxidation sites excluding steroid dienone is 1. The first-order valence-electron chi connectivity index (χ1n) is 9.89. The van der Waals surface area contributed by atoms with Gasteiger partial charge < -0.3 is 9.15 Å². The molecule has 2 aromatic rings. The number of alkyl halides is 2. The summed E-state index contributed by atoms with van der Waals surface area (Å²) in [5.74, 6) is 0.776. The molecule has 1 heterocycles. The van der Waals surface area contributed by atoms with Gasteiger partial charge in [-0.05, 0) is 67.4 Å². The molecule has 1 aliphatic rings. The van der Waals surface area contributed by atoms with Crippen LogP contribution in [0, 0.1) is 0 Å². The molecule has 3 rings (SSSR count). The number of sulfonamides is 1. The average Bonchev–Trinajstić information content (AvgIpc) is 3.24. The van der Waals surface area contributed by atoms with Crippen LogP contribution in [0.15, 0.2) is 45.9 Å². The maximum Gasteiger partial charge on any atom is 0.387 e. The molecular weight excluding hydrogens is 414 g/mol. The van der Waals surface area contributed by atoms with E-state index in [4.69, 9.17) is 4.42 Å². The van der Waals surface area contributed by atoms with Crippen LogP contribution in [0.3, 0.4) is 0 Å². The number of nitrogens with one attached hydrogen (secondary N) is 1. The van der Waals surface area contributed by atoms with Crippen molar-refractivity contribution in [1.82, 2.24) is 9.62 Å². The minimum Gasteiger partial charge on any atom is -0.468 e. The topological polar surface area (TPSA) is 71.8 Å². The quantitative estimate of drug-likeness (QED) is 0.600. The van der Waals surface area contributed by atoms with Gasteiger partial charge in [-0.2, -0.15) is 8.78 Å². The number of hydrogen-bond acceptors (Lipinski definition) is 5. The van der Waals surface area contributed by atoms with Crippen molar-refractivity contribution >= 4 is 16.1 Å². The Labute approximate surface area is 175 Å². The second-order valence-corrected chi connectivity index (χ2v) is 8.77. The highest BCUT2D eigenvalue weighted by Gasteiger charge is 2.26. The lowest BCUT2D eigenvalue weighted by Crippen LogP contribution is -2.38. The van der Waals surface area contributed by atoms with Crippen molar-refractivity contribution in [3.05, 3.63) is 58.4 Å². The fourth-order valence-corrected chi connectivity index (χ4v) is 4.88. The van der Waals surface area contributed by atoms with E-state index in [0.717, 1.165) is 18.7 Å². The average molecular weight is 441 g/mol. The van der Waals surface area contributed by atoms with Gasteiger partial charge in [-0.15, -0.1) is 0 Å². The molecule has 0 aliphatic heterocycles. The third-order valence-electron chi connectivity index (χ3n) is 5.23. The summed E-state index contributed by atoms with van der Waals surface area (Å²) < 4.78 is 63.3. The van der Waals surface area contributed by atoms with Crippen molar-refractivity contribution in [3.8, 4) is 5.75 Å². The van der Waals surface area contributed by atoms with Crippen molar-refractivity contribution in [1.29, 1.82) is 0 Å². The van der Waals surface area contributed by atoms with E-state index in [1.54, 1.807) is 24.5 Å². The van der Waals surface area contributed by atoms with Crippen LogP contribution in [0.25, 0.3) is 6.08 Å². The van der Waals surface area contributed by atoms with Gasteiger partial charge in [0, 0.05) is 6.54 Å². The van der Waals surface area contributed by atoms with Crippen LogP contribution in [0.4, 0.5) is 8.78 Å². The first kappa shape index (κ1) is 22.5.